The lowest BCUT2D eigenvalue weighted by Gasteiger charge is -2.29. The molecule has 3 heteroatoms. The van der Waals surface area contributed by atoms with Gasteiger partial charge in [-0.1, -0.05) is 6.07 Å². The first-order valence-electron chi connectivity index (χ1n) is 6.81. The van der Waals surface area contributed by atoms with Gasteiger partial charge in [-0.15, -0.1) is 0 Å². The summed E-state index contributed by atoms with van der Waals surface area (Å²) in [6, 6.07) is 6.26. The molecule has 0 radical (unpaired) electrons. The van der Waals surface area contributed by atoms with Crippen LogP contribution >= 0.6 is 0 Å². The Hall–Kier alpha value is -1.22. The molecule has 1 aliphatic heterocycles. The van der Waals surface area contributed by atoms with Gasteiger partial charge in [-0.05, 0) is 70.4 Å². The molecule has 1 fully saturated rings. The molecule has 1 aromatic rings. The average Bonchev–Trinajstić information content (AvgIpc) is 2.32. The molecule has 0 atom stereocenters. The molecule has 0 bridgehead atoms. The number of nitrogens with zero attached hydrogens (tertiary/aromatic N) is 1. The quantitative estimate of drug-likeness (QED) is 0.836. The lowest BCUT2D eigenvalue weighted by molar-refractivity contribution is 0.241. The number of piperidine rings is 1. The maximum atomic E-state index is 5.96. The molecule has 1 aliphatic rings. The molecule has 3 nitrogen and oxygen atoms in total. The van der Waals surface area contributed by atoms with Gasteiger partial charge in [0.05, 0.1) is 11.8 Å². The Morgan fingerprint density at radius 2 is 1.94 bits per heavy atom. The summed E-state index contributed by atoms with van der Waals surface area (Å²) >= 11 is 0. The molecule has 1 saturated heterocycles. The number of likely N-dealkylation sites (tertiary alicyclic amines) is 1. The van der Waals surface area contributed by atoms with E-state index in [1.165, 1.54) is 31.5 Å². The van der Waals surface area contributed by atoms with Crippen molar-refractivity contribution >= 4 is 5.69 Å². The van der Waals surface area contributed by atoms with Gasteiger partial charge in [0.2, 0.25) is 0 Å². The number of hydrogen-bond donors (Lipinski definition) is 1. The van der Waals surface area contributed by atoms with E-state index < -0.39 is 0 Å². The van der Waals surface area contributed by atoms with Crippen LogP contribution in [-0.4, -0.2) is 31.1 Å². The normalized spacial score (nSPS) is 18.2. The van der Waals surface area contributed by atoms with Crippen molar-refractivity contribution < 1.29 is 4.74 Å². The van der Waals surface area contributed by atoms with Crippen LogP contribution in [0, 0.1) is 0 Å². The summed E-state index contributed by atoms with van der Waals surface area (Å²) in [5.74, 6) is 1.48. The topological polar surface area (TPSA) is 38.5 Å². The van der Waals surface area contributed by atoms with E-state index in [0.717, 1.165) is 11.4 Å². The Labute approximate surface area is 110 Å². The summed E-state index contributed by atoms with van der Waals surface area (Å²) in [5, 5.41) is 0. The molecule has 100 valence electrons. The molecule has 1 aromatic carbocycles. The van der Waals surface area contributed by atoms with Crippen molar-refractivity contribution in [1.29, 1.82) is 0 Å². The fourth-order valence-electron chi connectivity index (χ4n) is 2.50. The van der Waals surface area contributed by atoms with E-state index in [1.54, 1.807) is 0 Å². The van der Waals surface area contributed by atoms with Crippen LogP contribution in [0.1, 0.15) is 38.2 Å². The second-order valence-electron chi connectivity index (χ2n) is 5.54. The smallest absolute Gasteiger partial charge is 0.142 e. The molecular weight excluding hydrogens is 224 g/mol. The zero-order valence-electron chi connectivity index (χ0n) is 11.6. The van der Waals surface area contributed by atoms with Crippen molar-refractivity contribution in [1.82, 2.24) is 4.90 Å². The highest BCUT2D eigenvalue weighted by Gasteiger charge is 2.19. The first-order valence-corrected chi connectivity index (χ1v) is 6.81. The maximum absolute atomic E-state index is 5.96. The van der Waals surface area contributed by atoms with Gasteiger partial charge in [0.1, 0.15) is 5.75 Å². The van der Waals surface area contributed by atoms with Crippen LogP contribution in [0.25, 0.3) is 0 Å². The molecule has 0 saturated carbocycles. The van der Waals surface area contributed by atoms with Gasteiger partial charge in [0, 0.05) is 0 Å². The van der Waals surface area contributed by atoms with E-state index in [-0.39, 0.29) is 6.10 Å². The van der Waals surface area contributed by atoms with Crippen LogP contribution in [0.4, 0.5) is 5.69 Å². The summed E-state index contributed by atoms with van der Waals surface area (Å²) in [7, 11) is 2.19. The first kappa shape index (κ1) is 13.2. The third kappa shape index (κ3) is 3.16. The van der Waals surface area contributed by atoms with Crippen molar-refractivity contribution in [3.8, 4) is 5.75 Å². The van der Waals surface area contributed by atoms with E-state index in [2.05, 4.69) is 24.1 Å². The number of benzene rings is 1. The summed E-state index contributed by atoms with van der Waals surface area (Å²) < 4.78 is 5.76. The third-order valence-corrected chi connectivity index (χ3v) is 3.59. The molecule has 2 N–H and O–H groups in total. The average molecular weight is 248 g/mol. The molecule has 18 heavy (non-hydrogen) atoms. The van der Waals surface area contributed by atoms with E-state index in [0.29, 0.717) is 5.92 Å². The number of nitrogens with two attached hydrogens (primary N) is 1. The maximum Gasteiger partial charge on any atom is 0.142 e. The lowest BCUT2D eigenvalue weighted by Crippen LogP contribution is -2.29. The number of ether oxygens (including phenoxy) is 1. The predicted molar refractivity (Wildman–Crippen MR) is 76.1 cm³/mol. The Balaban J connectivity index is 2.13. The van der Waals surface area contributed by atoms with Crippen molar-refractivity contribution in [3.63, 3.8) is 0 Å². The number of hydrogen-bond acceptors (Lipinski definition) is 3. The molecule has 0 spiro atoms. The van der Waals surface area contributed by atoms with Crippen molar-refractivity contribution in [2.75, 3.05) is 25.9 Å². The predicted octanol–water partition coefficient (Wildman–Crippen LogP) is 2.87. The minimum absolute atomic E-state index is 0.167. The third-order valence-electron chi connectivity index (χ3n) is 3.59. The summed E-state index contributed by atoms with van der Waals surface area (Å²) in [6.45, 7) is 6.41. The Bertz CT molecular complexity index is 395. The van der Waals surface area contributed by atoms with E-state index in [4.69, 9.17) is 10.5 Å². The van der Waals surface area contributed by atoms with Crippen LogP contribution in [0.15, 0.2) is 18.2 Å². The summed E-state index contributed by atoms with van der Waals surface area (Å²) in [5.41, 5.74) is 8.06. The van der Waals surface area contributed by atoms with E-state index in [1.807, 2.05) is 19.9 Å². The van der Waals surface area contributed by atoms with Gasteiger partial charge in [-0.25, -0.2) is 0 Å². The molecule has 0 amide bonds. The highest BCUT2D eigenvalue weighted by atomic mass is 16.5. The number of rotatable bonds is 3. The van der Waals surface area contributed by atoms with Crippen LogP contribution in [-0.2, 0) is 0 Å². The van der Waals surface area contributed by atoms with Crippen molar-refractivity contribution in [3.05, 3.63) is 23.8 Å². The van der Waals surface area contributed by atoms with Crippen molar-refractivity contribution in [2.45, 2.75) is 38.7 Å². The summed E-state index contributed by atoms with van der Waals surface area (Å²) in [4.78, 5) is 2.39. The highest BCUT2D eigenvalue weighted by Crippen LogP contribution is 2.32. The minimum atomic E-state index is 0.167. The SMILES string of the molecule is CC(C)Oc1cc(C2CCN(C)CC2)ccc1N. The van der Waals surface area contributed by atoms with Gasteiger partial charge in [0.15, 0.2) is 0 Å². The second kappa shape index (κ2) is 5.61. The Kier molecular flexibility index (Phi) is 4.12. The van der Waals surface area contributed by atoms with E-state index >= 15 is 0 Å². The highest BCUT2D eigenvalue weighted by molar-refractivity contribution is 5.54. The Morgan fingerprint density at radius 1 is 1.28 bits per heavy atom. The zero-order chi connectivity index (χ0) is 13.1. The molecule has 2 rings (SSSR count). The number of nitrogen functional groups attached to an aromatic ring is 1. The van der Waals surface area contributed by atoms with Gasteiger partial charge in [-0.3, -0.25) is 0 Å². The largest absolute Gasteiger partial charge is 0.489 e. The molecule has 1 heterocycles. The van der Waals surface area contributed by atoms with Gasteiger partial charge in [-0.2, -0.15) is 0 Å². The minimum Gasteiger partial charge on any atom is -0.489 e. The zero-order valence-corrected chi connectivity index (χ0v) is 11.6. The van der Waals surface area contributed by atoms with Crippen LogP contribution in [0.3, 0.4) is 0 Å². The fraction of sp³-hybridized carbons (Fsp3) is 0.600. The lowest BCUT2D eigenvalue weighted by atomic mass is 9.89. The Morgan fingerprint density at radius 3 is 2.56 bits per heavy atom. The van der Waals surface area contributed by atoms with Crippen molar-refractivity contribution in [2.24, 2.45) is 0 Å². The van der Waals surface area contributed by atoms with Gasteiger partial charge >= 0.3 is 0 Å². The fourth-order valence-corrected chi connectivity index (χ4v) is 2.50. The van der Waals surface area contributed by atoms with Crippen LogP contribution < -0.4 is 10.5 Å². The molecule has 0 aliphatic carbocycles. The van der Waals surface area contributed by atoms with Crippen LogP contribution in [0.5, 0.6) is 5.75 Å². The summed E-state index contributed by atoms with van der Waals surface area (Å²) in [6.07, 6.45) is 2.61. The molecule has 0 aromatic heterocycles. The first-order chi connectivity index (χ1) is 8.56. The number of anilines is 1. The molecule has 0 unspecified atom stereocenters. The molecular formula is C15H24N2O. The standard InChI is InChI=1S/C15H24N2O/c1-11(2)18-15-10-13(4-5-14(15)16)12-6-8-17(3)9-7-12/h4-5,10-12H,6-9,16H2,1-3H3. The van der Waals surface area contributed by atoms with Gasteiger partial charge < -0.3 is 15.4 Å². The van der Waals surface area contributed by atoms with E-state index in [9.17, 15) is 0 Å². The van der Waals surface area contributed by atoms with Crippen LogP contribution in [0.2, 0.25) is 0 Å². The van der Waals surface area contributed by atoms with Gasteiger partial charge in [0.25, 0.3) is 0 Å². The second-order valence-corrected chi connectivity index (χ2v) is 5.54. The monoisotopic (exact) mass is 248 g/mol.